The quantitative estimate of drug-likeness (QED) is 0.548. The van der Waals surface area contributed by atoms with Crippen LogP contribution in [0.3, 0.4) is 0 Å². The molecule has 0 saturated heterocycles. The van der Waals surface area contributed by atoms with Gasteiger partial charge >= 0.3 is 43.6 Å². The van der Waals surface area contributed by atoms with Gasteiger partial charge in [0.15, 0.2) is 0 Å². The van der Waals surface area contributed by atoms with Crippen LogP contribution >= 0.6 is 0 Å². The van der Waals surface area contributed by atoms with E-state index in [0.717, 1.165) is 0 Å². The van der Waals surface area contributed by atoms with Crippen LogP contribution in [0.15, 0.2) is 0 Å². The molecule has 0 aromatic heterocycles. The first-order chi connectivity index (χ1) is 7.56. The molecule has 0 spiro atoms. The minimum Gasteiger partial charge on any atom is -0.461 e. The van der Waals surface area contributed by atoms with E-state index in [9.17, 15) is 48.1 Å². The van der Waals surface area contributed by atoms with Crippen LogP contribution < -0.4 is 18.9 Å². The van der Waals surface area contributed by atoms with Crippen LogP contribution in [-0.2, 0) is 0 Å². The second kappa shape index (κ2) is 5.05. The molecule has 0 saturated carbocycles. The number of halogens is 11. The molecule has 0 amide bonds. The molecule has 19 heavy (non-hydrogen) atoms. The Morgan fingerprint density at radius 1 is 0.737 bits per heavy atom. The van der Waals surface area contributed by atoms with Crippen molar-refractivity contribution in [3.63, 3.8) is 0 Å². The van der Waals surface area contributed by atoms with Gasteiger partial charge in [-0.15, -0.1) is 0 Å². The molecule has 0 fully saturated rings. The molecule has 0 aromatic carbocycles. The largest absolute Gasteiger partial charge is 1.00 e. The fourth-order valence-corrected chi connectivity index (χ4v) is 0.696. The number of nitriles is 1. The van der Waals surface area contributed by atoms with Crippen molar-refractivity contribution in [2.75, 3.05) is 0 Å². The summed E-state index contributed by atoms with van der Waals surface area (Å²) >= 11 is 0. The van der Waals surface area contributed by atoms with Crippen LogP contribution in [-0.4, -0.2) is 30.5 Å². The van der Waals surface area contributed by atoms with Gasteiger partial charge in [0.2, 0.25) is 0 Å². The third kappa shape index (κ3) is 2.79. The topological polar surface area (TPSA) is 23.8 Å². The van der Waals surface area contributed by atoms with E-state index < -0.39 is 36.5 Å². The SMILES string of the molecule is N#C[B-](F)(F)C(F)(F)C(F)(F)C(F)(F)C(F)(F)F.[Li+]. The van der Waals surface area contributed by atoms with E-state index in [1.807, 2.05) is 0 Å². The van der Waals surface area contributed by atoms with E-state index in [1.54, 1.807) is 0 Å². The van der Waals surface area contributed by atoms with Crippen molar-refractivity contribution in [1.29, 1.82) is 5.26 Å². The zero-order valence-corrected chi connectivity index (χ0v) is 8.68. The molecule has 0 aromatic rings. The minimum absolute atomic E-state index is 0. The maximum absolute atomic E-state index is 12.3. The van der Waals surface area contributed by atoms with Crippen LogP contribution in [0.2, 0.25) is 0 Å². The van der Waals surface area contributed by atoms with Crippen LogP contribution in [0, 0.1) is 11.2 Å². The smallest absolute Gasteiger partial charge is 0.461 e. The predicted octanol–water partition coefficient (Wildman–Crippen LogP) is 0.442. The second-order valence-corrected chi connectivity index (χ2v) is 3.06. The van der Waals surface area contributed by atoms with E-state index in [-0.39, 0.29) is 18.9 Å². The molecule has 0 heterocycles. The maximum atomic E-state index is 12.3. The Bertz CT molecular complexity index is 368. The molecule has 0 aliphatic rings. The fraction of sp³-hybridized carbons (Fsp3) is 0.800. The third-order valence-corrected chi connectivity index (χ3v) is 1.79. The molecular formula is C5BF11LiN. The normalized spacial score (nSPS) is 14.6. The number of hydrogen-bond donors (Lipinski definition) is 0. The molecule has 0 aliphatic carbocycles. The van der Waals surface area contributed by atoms with E-state index >= 15 is 0 Å². The van der Waals surface area contributed by atoms with Crippen molar-refractivity contribution >= 4 is 6.70 Å². The van der Waals surface area contributed by atoms with Gasteiger partial charge in [-0.3, -0.25) is 0 Å². The number of rotatable bonds is 3. The molecule has 0 rings (SSSR count). The van der Waals surface area contributed by atoms with Gasteiger partial charge in [0.05, 0.1) is 0 Å². The van der Waals surface area contributed by atoms with Gasteiger partial charge in [-0.05, 0) is 0 Å². The minimum atomic E-state index is -7.47. The van der Waals surface area contributed by atoms with E-state index in [4.69, 9.17) is 5.26 Å². The van der Waals surface area contributed by atoms with E-state index in [2.05, 4.69) is 0 Å². The fourth-order valence-electron chi connectivity index (χ4n) is 0.696. The first-order valence-corrected chi connectivity index (χ1v) is 3.69. The summed E-state index contributed by atoms with van der Waals surface area (Å²) in [6.45, 7) is -7.12. The van der Waals surface area contributed by atoms with Gasteiger partial charge in [-0.1, -0.05) is 5.97 Å². The molecule has 0 bridgehead atoms. The monoisotopic (exact) mass is 301 g/mol. The summed E-state index contributed by atoms with van der Waals surface area (Å²) in [4.78, 5) is 0. The van der Waals surface area contributed by atoms with Gasteiger partial charge < -0.3 is 8.63 Å². The molecule has 0 aliphatic heterocycles. The van der Waals surface area contributed by atoms with Crippen molar-refractivity contribution in [3.05, 3.63) is 0 Å². The summed E-state index contributed by atoms with van der Waals surface area (Å²) in [5, 5.41) is 7.45. The molecule has 0 N–H and O–H groups in total. The van der Waals surface area contributed by atoms with E-state index in [1.165, 1.54) is 0 Å². The third-order valence-electron chi connectivity index (χ3n) is 1.79. The molecule has 106 valence electrons. The zero-order valence-electron chi connectivity index (χ0n) is 8.68. The van der Waals surface area contributed by atoms with Gasteiger partial charge in [0, 0.05) is 0 Å². The first kappa shape index (κ1) is 20.7. The number of nitrogens with zero attached hydrogens (tertiary/aromatic N) is 1. The Kier molecular flexibility index (Phi) is 5.50. The molecule has 14 heteroatoms. The average molecular weight is 301 g/mol. The Hall–Kier alpha value is -0.618. The second-order valence-electron chi connectivity index (χ2n) is 3.06. The standard InChI is InChI=1S/C5BF11N.Li/c7-2(8,3(9,10)5(13,14)15)4(11,12)6(16,17)1-18;/q-1;+1. The average Bonchev–Trinajstić information content (AvgIpc) is 2.15. The van der Waals surface area contributed by atoms with Crippen LogP contribution in [0.1, 0.15) is 0 Å². The van der Waals surface area contributed by atoms with Crippen LogP contribution in [0.5, 0.6) is 0 Å². The summed E-state index contributed by atoms with van der Waals surface area (Å²) in [5.74, 6) is -22.7. The van der Waals surface area contributed by atoms with Crippen molar-refractivity contribution in [1.82, 2.24) is 0 Å². The molecule has 0 atom stereocenters. The van der Waals surface area contributed by atoms with Gasteiger partial charge in [-0.2, -0.15) is 30.7 Å². The maximum Gasteiger partial charge on any atom is 1.00 e. The van der Waals surface area contributed by atoms with Crippen molar-refractivity contribution in [2.24, 2.45) is 0 Å². The van der Waals surface area contributed by atoms with Crippen LogP contribution in [0.4, 0.5) is 48.1 Å². The van der Waals surface area contributed by atoms with Gasteiger partial charge in [0.1, 0.15) is 0 Å². The Balaban J connectivity index is 0. The van der Waals surface area contributed by atoms with Crippen molar-refractivity contribution in [3.8, 4) is 5.97 Å². The number of alkyl halides is 9. The van der Waals surface area contributed by atoms with Gasteiger partial charge in [0.25, 0.3) is 5.82 Å². The summed E-state index contributed by atoms with van der Waals surface area (Å²) in [6, 6.07) is 0. The zero-order chi connectivity index (χ0) is 15.2. The Morgan fingerprint density at radius 3 is 1.26 bits per heavy atom. The Labute approximate surface area is 109 Å². The summed E-state index contributed by atoms with van der Waals surface area (Å²) in [6.07, 6.45) is -7.19. The summed E-state index contributed by atoms with van der Waals surface area (Å²) < 4.78 is 132. The molecule has 0 radical (unpaired) electrons. The number of hydrogen-bond acceptors (Lipinski definition) is 1. The van der Waals surface area contributed by atoms with Gasteiger partial charge in [-0.25, -0.2) is 14.0 Å². The predicted molar refractivity (Wildman–Crippen MR) is 34.5 cm³/mol. The summed E-state index contributed by atoms with van der Waals surface area (Å²) in [5.41, 5.74) is 0. The van der Waals surface area contributed by atoms with Crippen molar-refractivity contribution in [2.45, 2.75) is 23.8 Å². The van der Waals surface area contributed by atoms with Crippen molar-refractivity contribution < 1.29 is 67.0 Å². The van der Waals surface area contributed by atoms with Crippen LogP contribution in [0.25, 0.3) is 0 Å². The van der Waals surface area contributed by atoms with E-state index in [0.29, 0.717) is 0 Å². The molecule has 0 unspecified atom stereocenters. The first-order valence-electron chi connectivity index (χ1n) is 3.69. The molecule has 1 nitrogen and oxygen atoms in total. The summed E-state index contributed by atoms with van der Waals surface area (Å²) in [7, 11) is 0. The Morgan fingerprint density at radius 2 is 1.05 bits per heavy atom. The molecular weight excluding hydrogens is 301 g/mol.